The van der Waals surface area contributed by atoms with Crippen LogP contribution >= 0.6 is 0 Å². The van der Waals surface area contributed by atoms with Crippen molar-refractivity contribution >= 4 is 12.5 Å². The summed E-state index contributed by atoms with van der Waals surface area (Å²) in [6.07, 6.45) is 2.36. The number of aldehydes is 2. The molecule has 0 radical (unpaired) electrons. The SMILES string of the molecule is [2H]C(=O)[C@H](CCCCN)NN(N)[C@H](C=O)Cc1ccccc1. The van der Waals surface area contributed by atoms with Crippen molar-refractivity contribution in [2.75, 3.05) is 6.54 Å². The summed E-state index contributed by atoms with van der Waals surface area (Å²) >= 11 is 0. The second-order valence-electron chi connectivity index (χ2n) is 4.88. The highest BCUT2D eigenvalue weighted by atomic mass is 16.1. The Bertz CT molecular complexity index is 458. The van der Waals surface area contributed by atoms with Crippen LogP contribution in [0.5, 0.6) is 0 Å². The number of benzene rings is 1. The molecule has 6 heteroatoms. The van der Waals surface area contributed by atoms with Crippen LogP contribution in [-0.2, 0) is 16.0 Å². The van der Waals surface area contributed by atoms with Crippen LogP contribution in [0.1, 0.15) is 26.2 Å². The van der Waals surface area contributed by atoms with Crippen molar-refractivity contribution in [1.29, 1.82) is 0 Å². The van der Waals surface area contributed by atoms with Gasteiger partial charge in [0.1, 0.15) is 13.9 Å². The van der Waals surface area contributed by atoms with E-state index >= 15 is 0 Å². The number of hydrazine groups is 2. The van der Waals surface area contributed by atoms with Crippen LogP contribution in [0.4, 0.5) is 0 Å². The Hall–Kier alpha value is -1.60. The van der Waals surface area contributed by atoms with Crippen LogP contribution in [0.2, 0.25) is 0 Å². The summed E-state index contributed by atoms with van der Waals surface area (Å²) in [6, 6.07) is 8.12. The summed E-state index contributed by atoms with van der Waals surface area (Å²) in [5.41, 5.74) is 9.13. The third-order valence-electron chi connectivity index (χ3n) is 3.20. The monoisotopic (exact) mass is 293 g/mol. The van der Waals surface area contributed by atoms with E-state index in [1.165, 1.54) is 0 Å². The molecular weight excluding hydrogens is 268 g/mol. The van der Waals surface area contributed by atoms with E-state index in [2.05, 4.69) is 5.43 Å². The molecule has 0 aliphatic rings. The number of unbranched alkanes of at least 4 members (excludes halogenated alkanes) is 1. The van der Waals surface area contributed by atoms with Crippen LogP contribution in [-0.4, -0.2) is 36.3 Å². The molecule has 0 aliphatic carbocycles. The lowest BCUT2D eigenvalue weighted by molar-refractivity contribution is -0.117. The van der Waals surface area contributed by atoms with E-state index in [0.717, 1.165) is 29.8 Å². The number of nitrogens with one attached hydrogen (secondary N) is 1. The minimum atomic E-state index is -0.753. The molecule has 0 aliphatic heterocycles. The van der Waals surface area contributed by atoms with Crippen LogP contribution in [0, 0.1) is 0 Å². The fraction of sp³-hybridized carbons (Fsp3) is 0.467. The zero-order valence-corrected chi connectivity index (χ0v) is 12.1. The maximum atomic E-state index is 11.3. The Labute approximate surface area is 126 Å². The molecule has 0 amide bonds. The van der Waals surface area contributed by atoms with Gasteiger partial charge < -0.3 is 15.3 Å². The zero-order chi connectivity index (χ0) is 16.4. The highest BCUT2D eigenvalue weighted by Crippen LogP contribution is 2.05. The van der Waals surface area contributed by atoms with E-state index in [4.69, 9.17) is 12.9 Å². The predicted molar refractivity (Wildman–Crippen MR) is 81.9 cm³/mol. The van der Waals surface area contributed by atoms with Gasteiger partial charge >= 0.3 is 0 Å². The summed E-state index contributed by atoms with van der Waals surface area (Å²) < 4.78 is 7.28. The molecular formula is C15H24N4O2. The fourth-order valence-electron chi connectivity index (χ4n) is 1.99. The third kappa shape index (κ3) is 6.59. The van der Waals surface area contributed by atoms with E-state index in [1.807, 2.05) is 30.3 Å². The quantitative estimate of drug-likeness (QED) is 0.233. The normalized spacial score (nSPS) is 14.5. The van der Waals surface area contributed by atoms with Gasteiger partial charge in [-0.2, -0.15) is 5.12 Å². The van der Waals surface area contributed by atoms with Gasteiger partial charge in [0.25, 0.3) is 0 Å². The highest BCUT2D eigenvalue weighted by Gasteiger charge is 2.18. The van der Waals surface area contributed by atoms with Crippen LogP contribution < -0.4 is 17.0 Å². The van der Waals surface area contributed by atoms with Gasteiger partial charge in [-0.15, -0.1) is 0 Å². The number of rotatable bonds is 11. The van der Waals surface area contributed by atoms with Crippen molar-refractivity contribution in [3.63, 3.8) is 0 Å². The molecule has 21 heavy (non-hydrogen) atoms. The molecule has 0 unspecified atom stereocenters. The Morgan fingerprint density at radius 2 is 2.00 bits per heavy atom. The first-order chi connectivity index (χ1) is 10.6. The van der Waals surface area contributed by atoms with Crippen molar-refractivity contribution in [3.8, 4) is 0 Å². The third-order valence-corrected chi connectivity index (χ3v) is 3.20. The lowest BCUT2D eigenvalue weighted by Gasteiger charge is -2.26. The molecule has 0 spiro atoms. The average Bonchev–Trinajstić information content (AvgIpc) is 2.52. The standard InChI is InChI=1S/C15H24N4O2/c16-9-5-4-8-14(11-20)18-19(17)15(12-21)10-13-6-2-1-3-7-13/h1-3,6-7,11-12,14-15,18H,4-5,8-10,16-17H2/t14-,15-/m0/s1/i11D. The number of nitrogens with zero attached hydrogens (tertiary/aromatic N) is 1. The van der Waals surface area contributed by atoms with E-state index in [-0.39, 0.29) is 0 Å². The van der Waals surface area contributed by atoms with Crippen LogP contribution in [0.15, 0.2) is 30.3 Å². The van der Waals surface area contributed by atoms with Gasteiger partial charge in [0, 0.05) is 0 Å². The van der Waals surface area contributed by atoms with Gasteiger partial charge in [0.2, 0.25) is 0 Å². The molecule has 0 bridgehead atoms. The van der Waals surface area contributed by atoms with E-state index in [0.29, 0.717) is 19.4 Å². The minimum Gasteiger partial charge on any atom is -0.330 e. The van der Waals surface area contributed by atoms with Gasteiger partial charge in [-0.3, -0.25) is 5.84 Å². The van der Waals surface area contributed by atoms with E-state index < -0.39 is 18.3 Å². The summed E-state index contributed by atoms with van der Waals surface area (Å²) in [6.45, 7) is 0.538. The van der Waals surface area contributed by atoms with Gasteiger partial charge in [-0.1, -0.05) is 36.8 Å². The predicted octanol–water partition coefficient (Wildman–Crippen LogP) is 0.173. The fourth-order valence-corrected chi connectivity index (χ4v) is 1.99. The topological polar surface area (TPSA) is 101 Å². The van der Waals surface area contributed by atoms with Crippen molar-refractivity contribution in [2.45, 2.75) is 37.8 Å². The molecule has 1 aromatic carbocycles. The minimum absolute atomic E-state index is 0.426. The molecule has 116 valence electrons. The molecule has 0 saturated carbocycles. The molecule has 2 atom stereocenters. The molecule has 0 heterocycles. The second-order valence-corrected chi connectivity index (χ2v) is 4.88. The van der Waals surface area contributed by atoms with Crippen molar-refractivity contribution < 1.29 is 11.0 Å². The molecule has 1 rings (SSSR count). The molecule has 6 nitrogen and oxygen atoms in total. The molecule has 0 saturated heterocycles. The Balaban J connectivity index is 2.59. The van der Waals surface area contributed by atoms with Crippen molar-refractivity contribution in [3.05, 3.63) is 35.9 Å². The molecule has 1 aromatic rings. The largest absolute Gasteiger partial charge is 0.330 e. The molecule has 0 fully saturated rings. The summed E-state index contributed by atoms with van der Waals surface area (Å²) in [7, 11) is 0. The van der Waals surface area contributed by atoms with Crippen LogP contribution in [0.3, 0.4) is 0 Å². The first-order valence-electron chi connectivity index (χ1n) is 7.58. The van der Waals surface area contributed by atoms with Gasteiger partial charge in [0.15, 0.2) is 0 Å². The lowest BCUT2D eigenvalue weighted by Crippen LogP contribution is -2.56. The Morgan fingerprint density at radius 3 is 2.57 bits per heavy atom. The second kappa shape index (κ2) is 10.2. The number of carbonyl (C=O) groups excluding carboxylic acids is 2. The summed E-state index contributed by atoms with van der Waals surface area (Å²) in [4.78, 5) is 22.6. The Kier molecular flexibility index (Phi) is 7.65. The highest BCUT2D eigenvalue weighted by molar-refractivity contribution is 5.59. The van der Waals surface area contributed by atoms with Gasteiger partial charge in [0.05, 0.1) is 12.1 Å². The van der Waals surface area contributed by atoms with E-state index in [1.54, 1.807) is 0 Å². The molecule has 5 N–H and O–H groups in total. The Morgan fingerprint density at radius 1 is 1.29 bits per heavy atom. The number of hydrogen-bond acceptors (Lipinski definition) is 6. The average molecular weight is 293 g/mol. The lowest BCUT2D eigenvalue weighted by atomic mass is 10.1. The van der Waals surface area contributed by atoms with Crippen molar-refractivity contribution in [1.82, 2.24) is 10.5 Å². The zero-order valence-electron chi connectivity index (χ0n) is 13.1. The number of hydrogen-bond donors (Lipinski definition) is 3. The maximum absolute atomic E-state index is 11.3. The van der Waals surface area contributed by atoms with E-state index in [9.17, 15) is 9.59 Å². The number of carbonyl (C=O) groups is 2. The molecule has 0 aromatic heterocycles. The maximum Gasteiger partial charge on any atom is 0.140 e. The smallest absolute Gasteiger partial charge is 0.140 e. The van der Waals surface area contributed by atoms with Gasteiger partial charge in [-0.05, 0) is 31.4 Å². The first kappa shape index (κ1) is 15.8. The van der Waals surface area contributed by atoms with Gasteiger partial charge in [-0.25, -0.2) is 5.43 Å². The van der Waals surface area contributed by atoms with Crippen LogP contribution in [0.25, 0.3) is 0 Å². The number of nitrogens with two attached hydrogens (primary N) is 2. The summed E-state index contributed by atoms with van der Waals surface area (Å²) in [5, 5.41) is 1.12. The van der Waals surface area contributed by atoms with Crippen molar-refractivity contribution in [2.24, 2.45) is 11.6 Å². The first-order valence-corrected chi connectivity index (χ1v) is 7.08. The summed E-state index contributed by atoms with van der Waals surface area (Å²) in [5.74, 6) is 5.85.